The molecule has 0 saturated carbocycles. The molecule has 1 fully saturated rings. The van der Waals surface area contributed by atoms with Gasteiger partial charge in [-0.2, -0.15) is 0 Å². The monoisotopic (exact) mass is 339 g/mol. The van der Waals surface area contributed by atoms with Gasteiger partial charge in [-0.25, -0.2) is 13.1 Å². The molecular formula is C16H25N3O3S. The number of hydrogen-bond acceptors (Lipinski definition) is 4. The second-order valence-electron chi connectivity index (χ2n) is 5.85. The molecule has 1 heterocycles. The van der Waals surface area contributed by atoms with Gasteiger partial charge in [0.25, 0.3) is 5.91 Å². The van der Waals surface area contributed by atoms with E-state index in [1.807, 2.05) is 13.8 Å². The summed E-state index contributed by atoms with van der Waals surface area (Å²) in [7, 11) is -3.53. The molecule has 0 aliphatic carbocycles. The number of nitrogens with one attached hydrogen (secondary N) is 2. The van der Waals surface area contributed by atoms with Crippen molar-refractivity contribution in [3.8, 4) is 0 Å². The maximum atomic E-state index is 12.5. The highest BCUT2D eigenvalue weighted by Gasteiger charge is 2.20. The minimum absolute atomic E-state index is 0.0486. The van der Waals surface area contributed by atoms with Crippen molar-refractivity contribution in [3.05, 3.63) is 29.8 Å². The first-order chi connectivity index (χ1) is 10.9. The van der Waals surface area contributed by atoms with Crippen LogP contribution in [0.2, 0.25) is 0 Å². The molecular weight excluding hydrogens is 314 g/mol. The van der Waals surface area contributed by atoms with Gasteiger partial charge in [-0.3, -0.25) is 4.79 Å². The van der Waals surface area contributed by atoms with Gasteiger partial charge in [0.05, 0.1) is 4.90 Å². The third-order valence-corrected chi connectivity index (χ3v) is 5.61. The Bertz CT molecular complexity index is 620. The zero-order valence-electron chi connectivity index (χ0n) is 13.7. The first kappa shape index (κ1) is 17.9. The van der Waals surface area contributed by atoms with Gasteiger partial charge >= 0.3 is 0 Å². The minimum atomic E-state index is -3.53. The number of rotatable bonds is 5. The molecule has 1 unspecified atom stereocenters. The lowest BCUT2D eigenvalue weighted by Crippen LogP contribution is -2.34. The fourth-order valence-corrected chi connectivity index (χ4v) is 3.75. The van der Waals surface area contributed by atoms with Crippen molar-refractivity contribution in [1.82, 2.24) is 14.9 Å². The molecule has 128 valence electrons. The van der Waals surface area contributed by atoms with Gasteiger partial charge in [0.2, 0.25) is 10.0 Å². The van der Waals surface area contributed by atoms with Crippen LogP contribution < -0.4 is 10.0 Å². The number of sulfonamides is 1. The summed E-state index contributed by atoms with van der Waals surface area (Å²) in [5.74, 6) is -0.0486. The van der Waals surface area contributed by atoms with Gasteiger partial charge in [-0.05, 0) is 50.6 Å². The third kappa shape index (κ3) is 4.76. The minimum Gasteiger partial charge on any atom is -0.337 e. The largest absolute Gasteiger partial charge is 0.337 e. The SMILES string of the molecule is CCC(C)NS(=O)(=O)c1ccc(C(=O)N2CCCNCC2)cc1. The van der Waals surface area contributed by atoms with Gasteiger partial charge in [-0.15, -0.1) is 0 Å². The summed E-state index contributed by atoms with van der Waals surface area (Å²) < 4.78 is 27.0. The average Bonchev–Trinajstić information content (AvgIpc) is 2.83. The Labute approximate surface area is 138 Å². The van der Waals surface area contributed by atoms with E-state index in [1.54, 1.807) is 17.0 Å². The van der Waals surface area contributed by atoms with Crippen LogP contribution in [-0.4, -0.2) is 51.4 Å². The fraction of sp³-hybridized carbons (Fsp3) is 0.562. The first-order valence-corrected chi connectivity index (χ1v) is 9.54. The summed E-state index contributed by atoms with van der Waals surface area (Å²) in [5, 5.41) is 3.25. The van der Waals surface area contributed by atoms with E-state index in [-0.39, 0.29) is 16.8 Å². The van der Waals surface area contributed by atoms with Gasteiger partial charge < -0.3 is 10.2 Å². The number of benzene rings is 1. The Morgan fingerprint density at radius 2 is 1.96 bits per heavy atom. The lowest BCUT2D eigenvalue weighted by Gasteiger charge is -2.20. The topological polar surface area (TPSA) is 78.5 Å². The van der Waals surface area contributed by atoms with Crippen molar-refractivity contribution in [2.75, 3.05) is 26.2 Å². The van der Waals surface area contributed by atoms with Gasteiger partial charge in [-0.1, -0.05) is 6.92 Å². The molecule has 0 spiro atoms. The Morgan fingerprint density at radius 1 is 1.26 bits per heavy atom. The van der Waals surface area contributed by atoms with E-state index in [0.717, 1.165) is 32.5 Å². The molecule has 7 heteroatoms. The fourth-order valence-electron chi connectivity index (χ4n) is 2.42. The summed E-state index contributed by atoms with van der Waals surface area (Å²) in [4.78, 5) is 14.5. The number of hydrogen-bond donors (Lipinski definition) is 2. The van der Waals surface area contributed by atoms with Crippen LogP contribution in [0.25, 0.3) is 0 Å². The maximum Gasteiger partial charge on any atom is 0.253 e. The van der Waals surface area contributed by atoms with Gasteiger partial charge in [0, 0.05) is 31.2 Å². The summed E-state index contributed by atoms with van der Waals surface area (Å²) >= 11 is 0. The highest BCUT2D eigenvalue weighted by atomic mass is 32.2. The third-order valence-electron chi connectivity index (χ3n) is 4.01. The van der Waals surface area contributed by atoms with E-state index >= 15 is 0 Å². The quantitative estimate of drug-likeness (QED) is 0.845. The average molecular weight is 339 g/mol. The lowest BCUT2D eigenvalue weighted by molar-refractivity contribution is 0.0766. The molecule has 2 rings (SSSR count). The van der Waals surface area contributed by atoms with Crippen LogP contribution in [0.3, 0.4) is 0 Å². The molecule has 0 radical (unpaired) electrons. The summed E-state index contributed by atoms with van der Waals surface area (Å²) in [6, 6.07) is 6.05. The molecule has 1 aliphatic rings. The molecule has 6 nitrogen and oxygen atoms in total. The van der Waals surface area contributed by atoms with Crippen LogP contribution in [0.5, 0.6) is 0 Å². The van der Waals surface area contributed by atoms with E-state index < -0.39 is 10.0 Å². The van der Waals surface area contributed by atoms with E-state index in [2.05, 4.69) is 10.0 Å². The number of nitrogens with zero attached hydrogens (tertiary/aromatic N) is 1. The van der Waals surface area contributed by atoms with E-state index in [4.69, 9.17) is 0 Å². The summed E-state index contributed by atoms with van der Waals surface area (Å²) in [6.07, 6.45) is 1.65. The Hall–Kier alpha value is -1.44. The van der Waals surface area contributed by atoms with Gasteiger partial charge in [0.15, 0.2) is 0 Å². The van der Waals surface area contributed by atoms with Crippen LogP contribution >= 0.6 is 0 Å². The van der Waals surface area contributed by atoms with E-state index in [0.29, 0.717) is 12.1 Å². The molecule has 1 aromatic carbocycles. The van der Waals surface area contributed by atoms with Crippen molar-refractivity contribution in [1.29, 1.82) is 0 Å². The zero-order chi connectivity index (χ0) is 16.9. The zero-order valence-corrected chi connectivity index (χ0v) is 14.5. The predicted octanol–water partition coefficient (Wildman–Crippen LogP) is 1.20. The highest BCUT2D eigenvalue weighted by molar-refractivity contribution is 7.89. The van der Waals surface area contributed by atoms with Crippen LogP contribution in [0.1, 0.15) is 37.0 Å². The van der Waals surface area contributed by atoms with Gasteiger partial charge in [0.1, 0.15) is 0 Å². The van der Waals surface area contributed by atoms with Crippen LogP contribution in [-0.2, 0) is 10.0 Å². The Balaban J connectivity index is 2.11. The predicted molar refractivity (Wildman–Crippen MR) is 89.9 cm³/mol. The number of amides is 1. The smallest absolute Gasteiger partial charge is 0.253 e. The van der Waals surface area contributed by atoms with Crippen LogP contribution in [0.4, 0.5) is 0 Å². The normalized spacial score (nSPS) is 17.6. The summed E-state index contributed by atoms with van der Waals surface area (Å²) in [5.41, 5.74) is 0.523. The molecule has 1 aliphatic heterocycles. The van der Waals surface area contributed by atoms with Crippen molar-refractivity contribution < 1.29 is 13.2 Å². The van der Waals surface area contributed by atoms with Crippen LogP contribution in [0, 0.1) is 0 Å². The Morgan fingerprint density at radius 3 is 2.61 bits per heavy atom. The lowest BCUT2D eigenvalue weighted by atomic mass is 10.2. The number of carbonyl (C=O) groups is 1. The van der Waals surface area contributed by atoms with Crippen molar-refractivity contribution in [2.24, 2.45) is 0 Å². The van der Waals surface area contributed by atoms with Crippen LogP contribution in [0.15, 0.2) is 29.2 Å². The molecule has 0 bridgehead atoms. The second-order valence-corrected chi connectivity index (χ2v) is 7.56. The van der Waals surface area contributed by atoms with E-state index in [1.165, 1.54) is 12.1 Å². The first-order valence-electron chi connectivity index (χ1n) is 8.06. The second kappa shape index (κ2) is 7.90. The molecule has 1 atom stereocenters. The molecule has 23 heavy (non-hydrogen) atoms. The van der Waals surface area contributed by atoms with Crippen molar-refractivity contribution in [3.63, 3.8) is 0 Å². The molecule has 1 amide bonds. The van der Waals surface area contributed by atoms with Crippen molar-refractivity contribution >= 4 is 15.9 Å². The maximum absolute atomic E-state index is 12.5. The highest BCUT2D eigenvalue weighted by Crippen LogP contribution is 2.14. The standard InChI is InChI=1S/C16H25N3O3S/c1-3-13(2)18-23(21,22)15-7-5-14(6-8-15)16(20)19-11-4-9-17-10-12-19/h5-8,13,17-18H,3-4,9-12H2,1-2H3. The Kier molecular flexibility index (Phi) is 6.15. The molecule has 1 aromatic rings. The molecule has 0 aromatic heterocycles. The van der Waals surface area contributed by atoms with E-state index in [9.17, 15) is 13.2 Å². The number of carbonyl (C=O) groups excluding carboxylic acids is 1. The van der Waals surface area contributed by atoms with Crippen molar-refractivity contribution in [2.45, 2.75) is 37.6 Å². The summed E-state index contributed by atoms with van der Waals surface area (Å²) in [6.45, 7) is 6.85. The molecule has 1 saturated heterocycles. The molecule has 2 N–H and O–H groups in total.